The fourth-order valence-corrected chi connectivity index (χ4v) is 6.55. The van der Waals surface area contributed by atoms with Crippen molar-refractivity contribution < 1.29 is 19.1 Å². The number of piperazine rings is 1. The zero-order chi connectivity index (χ0) is 33.5. The van der Waals surface area contributed by atoms with Crippen LogP contribution < -0.4 is 5.73 Å². The van der Waals surface area contributed by atoms with Crippen LogP contribution in [0.3, 0.4) is 0 Å². The molecule has 1 saturated heterocycles. The predicted octanol–water partition coefficient (Wildman–Crippen LogP) is 6.10. The van der Waals surface area contributed by atoms with E-state index in [0.29, 0.717) is 43.5 Å². The van der Waals surface area contributed by atoms with E-state index in [1.165, 1.54) is 6.20 Å². The molecule has 1 aromatic carbocycles. The second-order valence-electron chi connectivity index (χ2n) is 13.8. The SMILES string of the molecule is C=CN(C)/C(=C\N)C(C1=Cc2cccnc2C(N2CCN(C(=O)OCC3(C)CC3)CC2)c2ccc(Cl)cc21)N(C)C(=O)OC1(C)CC1. The van der Waals surface area contributed by atoms with Crippen molar-refractivity contribution >= 4 is 35.4 Å². The van der Waals surface area contributed by atoms with E-state index in [1.807, 2.05) is 49.2 Å². The average molecular weight is 661 g/mol. The normalized spacial score (nSPS) is 21.6. The third-order valence-corrected chi connectivity index (χ3v) is 10.3. The van der Waals surface area contributed by atoms with E-state index in [1.54, 1.807) is 29.2 Å². The second kappa shape index (κ2) is 12.9. The lowest BCUT2D eigenvalue weighted by Crippen LogP contribution is -2.50. The van der Waals surface area contributed by atoms with Crippen LogP contribution in [0.15, 0.2) is 61.2 Å². The van der Waals surface area contributed by atoms with E-state index >= 15 is 0 Å². The van der Waals surface area contributed by atoms with Gasteiger partial charge in [-0.05, 0) is 85.3 Å². The lowest BCUT2D eigenvalue weighted by atomic mass is 9.89. The summed E-state index contributed by atoms with van der Waals surface area (Å²) in [6.07, 6.45) is 10.2. The minimum absolute atomic E-state index is 0.140. The molecular weight excluding hydrogens is 616 g/mol. The first-order valence-corrected chi connectivity index (χ1v) is 16.7. The van der Waals surface area contributed by atoms with Crippen molar-refractivity contribution in [2.45, 2.75) is 57.2 Å². The Morgan fingerprint density at radius 1 is 1.15 bits per heavy atom. The number of aromatic nitrogens is 1. The zero-order valence-corrected chi connectivity index (χ0v) is 28.5. The average Bonchev–Trinajstić information content (AvgIpc) is 4.00. The minimum Gasteiger partial charge on any atom is -0.449 e. The molecular formula is C36H45ClN6O4. The molecule has 0 radical (unpaired) electrons. The molecule has 6 rings (SSSR count). The van der Waals surface area contributed by atoms with E-state index in [2.05, 4.69) is 24.5 Å². The van der Waals surface area contributed by atoms with Crippen molar-refractivity contribution in [2.75, 3.05) is 46.9 Å². The highest BCUT2D eigenvalue weighted by atomic mass is 35.5. The van der Waals surface area contributed by atoms with Gasteiger partial charge in [0.1, 0.15) is 11.6 Å². The van der Waals surface area contributed by atoms with Crippen molar-refractivity contribution in [1.29, 1.82) is 0 Å². The summed E-state index contributed by atoms with van der Waals surface area (Å²) in [5, 5.41) is 0.564. The van der Waals surface area contributed by atoms with Gasteiger partial charge in [-0.25, -0.2) is 9.59 Å². The van der Waals surface area contributed by atoms with Crippen molar-refractivity contribution in [3.05, 3.63) is 88.6 Å². The number of nitrogens with zero attached hydrogens (tertiary/aromatic N) is 5. The molecule has 4 aliphatic rings. The van der Waals surface area contributed by atoms with E-state index in [4.69, 9.17) is 31.8 Å². The topological polar surface area (TPSA) is 104 Å². The smallest absolute Gasteiger partial charge is 0.410 e. The van der Waals surface area contributed by atoms with Gasteiger partial charge in [0.05, 0.1) is 24.0 Å². The standard InChI is InChI=1S/C36H45ClN6O4/c1-6-40(4)29(22-38)31(41(5)33(44)47-36(3)13-14-36)28-20-24-8-7-15-39-30(24)32(26-10-9-25(37)21-27(26)28)42-16-18-43(19-17-42)34(45)46-23-35(2)11-12-35/h6-10,15,20-22,31-32H,1,11-14,16-19,23,38H2,2-5H3/b29-22-. The molecule has 1 aliphatic heterocycles. The molecule has 2 saturated carbocycles. The number of nitrogens with two attached hydrogens (primary N) is 1. The van der Waals surface area contributed by atoms with Gasteiger partial charge in [-0.15, -0.1) is 0 Å². The van der Waals surface area contributed by atoms with Gasteiger partial charge in [-0.3, -0.25) is 14.8 Å². The van der Waals surface area contributed by atoms with Crippen LogP contribution in [-0.4, -0.2) is 95.3 Å². The Labute approximate surface area is 282 Å². The van der Waals surface area contributed by atoms with Gasteiger partial charge in [0.15, 0.2) is 0 Å². The molecule has 2 unspecified atom stereocenters. The highest BCUT2D eigenvalue weighted by molar-refractivity contribution is 6.30. The summed E-state index contributed by atoms with van der Waals surface area (Å²) in [4.78, 5) is 39.1. The highest BCUT2D eigenvalue weighted by Crippen LogP contribution is 2.46. The third-order valence-electron chi connectivity index (χ3n) is 10.0. The van der Waals surface area contributed by atoms with E-state index in [-0.39, 0.29) is 17.6 Å². The van der Waals surface area contributed by atoms with Crippen molar-refractivity contribution in [3.63, 3.8) is 0 Å². The van der Waals surface area contributed by atoms with Gasteiger partial charge in [-0.1, -0.05) is 37.2 Å². The predicted molar refractivity (Wildman–Crippen MR) is 183 cm³/mol. The Morgan fingerprint density at radius 2 is 1.87 bits per heavy atom. The Morgan fingerprint density at radius 3 is 2.51 bits per heavy atom. The summed E-state index contributed by atoms with van der Waals surface area (Å²) in [6.45, 7) is 10.9. The molecule has 2 N–H and O–H groups in total. The molecule has 3 fully saturated rings. The van der Waals surface area contributed by atoms with Crippen LogP contribution >= 0.6 is 11.6 Å². The lowest BCUT2D eigenvalue weighted by molar-refractivity contribution is 0.0577. The van der Waals surface area contributed by atoms with Crippen molar-refractivity contribution in [3.8, 4) is 0 Å². The molecule has 3 aliphatic carbocycles. The van der Waals surface area contributed by atoms with Crippen LogP contribution in [0.1, 0.15) is 68.0 Å². The Hall–Kier alpha value is -4.02. The number of carbonyl (C=O) groups is 2. The first kappa shape index (κ1) is 32.9. The fourth-order valence-electron chi connectivity index (χ4n) is 6.37. The largest absolute Gasteiger partial charge is 0.449 e. The summed E-state index contributed by atoms with van der Waals surface area (Å²) in [7, 11) is 3.59. The second-order valence-corrected chi connectivity index (χ2v) is 14.3. The monoisotopic (exact) mass is 660 g/mol. The van der Waals surface area contributed by atoms with Crippen LogP contribution in [0.5, 0.6) is 0 Å². The van der Waals surface area contributed by atoms with Crippen molar-refractivity contribution in [2.24, 2.45) is 11.1 Å². The molecule has 250 valence electrons. The minimum atomic E-state index is -0.651. The van der Waals surface area contributed by atoms with Gasteiger partial charge >= 0.3 is 12.2 Å². The number of likely N-dealkylation sites (N-methyl/N-ethyl adjacent to an activating group) is 2. The van der Waals surface area contributed by atoms with E-state index in [9.17, 15) is 9.59 Å². The zero-order valence-electron chi connectivity index (χ0n) is 27.7. The quantitative estimate of drug-likeness (QED) is 0.344. The molecule has 2 heterocycles. The molecule has 1 aromatic heterocycles. The number of ether oxygens (including phenoxy) is 2. The maximum absolute atomic E-state index is 13.7. The molecule has 10 nitrogen and oxygen atoms in total. The number of halogens is 1. The van der Waals surface area contributed by atoms with Gasteiger partial charge < -0.3 is 25.0 Å². The van der Waals surface area contributed by atoms with Crippen molar-refractivity contribution in [1.82, 2.24) is 24.6 Å². The van der Waals surface area contributed by atoms with Gasteiger partial charge in [0.25, 0.3) is 0 Å². The van der Waals surface area contributed by atoms with Gasteiger partial charge in [-0.2, -0.15) is 0 Å². The lowest BCUT2D eigenvalue weighted by Gasteiger charge is -2.40. The first-order valence-electron chi connectivity index (χ1n) is 16.3. The van der Waals surface area contributed by atoms with Gasteiger partial charge in [0, 0.05) is 63.1 Å². The molecule has 11 heteroatoms. The number of hydrogen-bond acceptors (Lipinski definition) is 8. The van der Waals surface area contributed by atoms with E-state index in [0.717, 1.165) is 53.6 Å². The maximum atomic E-state index is 13.7. The first-order chi connectivity index (χ1) is 22.5. The molecule has 2 aromatic rings. The van der Waals surface area contributed by atoms with Crippen LogP contribution in [0.4, 0.5) is 9.59 Å². The van der Waals surface area contributed by atoms with Crippen LogP contribution in [0.25, 0.3) is 11.6 Å². The summed E-state index contributed by atoms with van der Waals surface area (Å²) in [5.74, 6) is 0. The summed E-state index contributed by atoms with van der Waals surface area (Å²) < 4.78 is 11.6. The fraction of sp³-hybridized carbons (Fsp3) is 0.472. The summed E-state index contributed by atoms with van der Waals surface area (Å²) in [6, 6.07) is 8.95. The Bertz CT molecular complexity index is 1610. The van der Waals surface area contributed by atoms with E-state index < -0.39 is 17.7 Å². The molecule has 2 amide bonds. The highest BCUT2D eigenvalue weighted by Gasteiger charge is 2.45. The van der Waals surface area contributed by atoms with Gasteiger partial charge in [0.2, 0.25) is 0 Å². The molecule has 2 atom stereocenters. The number of pyridine rings is 1. The van der Waals surface area contributed by atoms with Crippen LogP contribution in [0, 0.1) is 5.41 Å². The van der Waals surface area contributed by atoms with Crippen LogP contribution in [-0.2, 0) is 9.47 Å². The number of rotatable bonds is 9. The number of benzene rings is 1. The third kappa shape index (κ3) is 6.85. The molecule has 0 bridgehead atoms. The number of amides is 2. The molecule has 0 spiro atoms. The maximum Gasteiger partial charge on any atom is 0.410 e. The summed E-state index contributed by atoms with van der Waals surface area (Å²) >= 11 is 6.72. The molecule has 47 heavy (non-hydrogen) atoms. The number of hydrogen-bond donors (Lipinski definition) is 1. The summed E-state index contributed by atoms with van der Waals surface area (Å²) in [5.41, 5.74) is 11.1. The Kier molecular flexibility index (Phi) is 9.02. The number of carbonyl (C=O) groups excluding carboxylic acids is 2. The number of fused-ring (bicyclic) bond motifs is 2. The Balaban J connectivity index is 1.38. The van der Waals surface area contributed by atoms with Crippen LogP contribution in [0.2, 0.25) is 5.02 Å².